The van der Waals surface area contributed by atoms with Crippen molar-refractivity contribution >= 4 is 24.9 Å². The lowest BCUT2D eigenvalue weighted by molar-refractivity contribution is -0.144. The maximum absolute atomic E-state index is 12.1. The summed E-state index contributed by atoms with van der Waals surface area (Å²) >= 11 is 0.967. The monoisotopic (exact) mass is 230 g/mol. The second kappa shape index (κ2) is 3.68. The first kappa shape index (κ1) is 9.99. The molecule has 2 fully saturated rings. The summed E-state index contributed by atoms with van der Waals surface area (Å²) < 4.78 is 18.0. The van der Waals surface area contributed by atoms with Crippen LogP contribution in [-0.2, 0) is 13.7 Å². The van der Waals surface area contributed by atoms with Gasteiger partial charge >= 0.3 is 0 Å². The Labute approximate surface area is 96.5 Å². The quantitative estimate of drug-likeness (QED) is 0.521. The van der Waals surface area contributed by atoms with Gasteiger partial charge in [0.05, 0.1) is 18.6 Å². The lowest BCUT2D eigenvalue weighted by atomic mass is 10.0. The molecule has 2 aliphatic heterocycles. The van der Waals surface area contributed by atoms with Crippen molar-refractivity contribution in [1.82, 2.24) is 4.90 Å². The molecule has 2 heterocycles. The minimum absolute atomic E-state index is 0.0232. The van der Waals surface area contributed by atoms with Crippen LogP contribution in [0.2, 0.25) is 0 Å². The van der Waals surface area contributed by atoms with Gasteiger partial charge in [-0.25, -0.2) is 0 Å². The van der Waals surface area contributed by atoms with Gasteiger partial charge in [0.1, 0.15) is 11.8 Å². The molecular formula is C9H15BNO3S. The zero-order valence-corrected chi connectivity index (χ0v) is 9.91. The minimum Gasteiger partial charge on any atom is -0.354 e. The lowest BCUT2D eigenvalue weighted by Crippen LogP contribution is -2.44. The molecule has 0 aliphatic carbocycles. The topological polar surface area (TPSA) is 38.8 Å². The molecule has 0 bridgehead atoms. The van der Waals surface area contributed by atoms with Crippen molar-refractivity contribution in [3.63, 3.8) is 0 Å². The number of carbonyl (C=O) groups excluding carboxylic acids is 1. The van der Waals surface area contributed by atoms with Crippen molar-refractivity contribution in [2.75, 3.05) is 6.61 Å². The molecule has 0 aromatic rings. The maximum atomic E-state index is 12.1. The molecule has 1 unspecified atom stereocenters. The Morgan fingerprint density at radius 3 is 3.20 bits per heavy atom. The number of nitrogens with zero attached hydrogens (tertiary/aromatic N) is 1. The van der Waals surface area contributed by atoms with Crippen LogP contribution in [0.3, 0.4) is 0 Å². The largest absolute Gasteiger partial charge is 0.354 e. The van der Waals surface area contributed by atoms with Gasteiger partial charge in [0.25, 0.3) is 0 Å². The van der Waals surface area contributed by atoms with Crippen molar-refractivity contribution in [3.8, 4) is 0 Å². The van der Waals surface area contributed by atoms with Crippen LogP contribution in [0.5, 0.6) is 0 Å². The summed E-state index contributed by atoms with van der Waals surface area (Å²) in [7, 11) is 1.13. The Kier molecular flexibility index (Phi) is 2.45. The summed E-state index contributed by atoms with van der Waals surface area (Å²) in [6, 6.07) is -0.0232. The van der Waals surface area contributed by atoms with Gasteiger partial charge < -0.3 is 13.8 Å². The zero-order valence-electron chi connectivity index (χ0n) is 10.1. The average Bonchev–Trinajstić information content (AvgIpc) is 2.65. The third-order valence-electron chi connectivity index (χ3n) is 3.18. The standard InChI is InChI=1S/C9H15BNO3S/c1-5-7(14-15-10)6-4-13-9(2,3)11(6)8(5)12/h5-7,10H,4H2,1-3H3/t5?,6-,7+/m0/s1/i10T. The van der Waals surface area contributed by atoms with Gasteiger partial charge in [-0.15, -0.1) is 0 Å². The lowest BCUT2D eigenvalue weighted by Gasteiger charge is -2.29. The minimum atomic E-state index is -0.538. The Morgan fingerprint density at radius 2 is 2.53 bits per heavy atom. The highest BCUT2D eigenvalue weighted by molar-refractivity contribution is 8.15. The van der Waals surface area contributed by atoms with E-state index in [-0.39, 0.29) is 24.0 Å². The Bertz CT molecular complexity index is 304. The molecule has 2 rings (SSSR count). The van der Waals surface area contributed by atoms with E-state index in [1.54, 1.807) is 4.90 Å². The van der Waals surface area contributed by atoms with Crippen LogP contribution in [0.4, 0.5) is 0 Å². The van der Waals surface area contributed by atoms with Gasteiger partial charge in [-0.3, -0.25) is 4.79 Å². The van der Waals surface area contributed by atoms with Crippen LogP contribution < -0.4 is 0 Å². The summed E-state index contributed by atoms with van der Waals surface area (Å²) in [6.45, 7) is 6.16. The fourth-order valence-corrected chi connectivity index (χ4v) is 2.83. The van der Waals surface area contributed by atoms with Gasteiger partial charge in [-0.2, -0.15) is 0 Å². The number of fused-ring (bicyclic) bond motifs is 1. The summed E-state index contributed by atoms with van der Waals surface area (Å²) in [5, 5.41) is 0. The fraction of sp³-hybridized carbons (Fsp3) is 0.889. The molecule has 6 heteroatoms. The molecule has 1 amide bonds. The van der Waals surface area contributed by atoms with E-state index < -0.39 is 5.72 Å². The molecule has 0 aromatic carbocycles. The summed E-state index contributed by atoms with van der Waals surface area (Å²) in [4.78, 5) is 13.8. The normalized spacial score (nSPS) is 39.1. The van der Waals surface area contributed by atoms with E-state index in [0.717, 1.165) is 19.0 Å². The maximum Gasteiger partial charge on any atom is 0.230 e. The van der Waals surface area contributed by atoms with E-state index in [9.17, 15) is 4.79 Å². The predicted molar refractivity (Wildman–Crippen MR) is 59.4 cm³/mol. The number of carbonyl (C=O) groups is 1. The van der Waals surface area contributed by atoms with Crippen molar-refractivity contribution in [2.24, 2.45) is 5.92 Å². The van der Waals surface area contributed by atoms with Crippen LogP contribution in [0.15, 0.2) is 0 Å². The number of ether oxygens (including phenoxy) is 1. The van der Waals surface area contributed by atoms with Gasteiger partial charge in [0.15, 0.2) is 0 Å². The predicted octanol–water partition coefficient (Wildman–Crippen LogP) is 0.449. The van der Waals surface area contributed by atoms with Gasteiger partial charge in [0.2, 0.25) is 13.0 Å². The van der Waals surface area contributed by atoms with Crippen LogP contribution in [0.25, 0.3) is 0 Å². The number of amides is 1. The number of hydrogen-bond donors (Lipinski definition) is 0. The molecule has 2 saturated heterocycles. The molecule has 15 heavy (non-hydrogen) atoms. The van der Waals surface area contributed by atoms with Crippen molar-refractivity contribution in [2.45, 2.75) is 38.6 Å². The fourth-order valence-electron chi connectivity index (χ4n) is 2.41. The van der Waals surface area contributed by atoms with Gasteiger partial charge in [-0.1, -0.05) is 18.8 Å². The molecule has 83 valence electrons. The molecular weight excluding hydrogens is 213 g/mol. The second-order valence-corrected chi connectivity index (χ2v) is 4.86. The van der Waals surface area contributed by atoms with Crippen LogP contribution in [-0.4, -0.2) is 43.7 Å². The number of hydrogen-bond acceptors (Lipinski definition) is 4. The van der Waals surface area contributed by atoms with E-state index in [2.05, 4.69) is 0 Å². The first-order chi connectivity index (χ1) is 7.49. The first-order valence-electron chi connectivity index (χ1n) is 5.56. The number of rotatable bonds is 3. The Hall–Kier alpha value is -0.195. The SMILES string of the molecule is [3H][B]SO[C@@H]1C(C)C(=O)N2[C@H]1COC2(C)C. The molecule has 1 radical (unpaired) electrons. The van der Waals surface area contributed by atoms with Crippen LogP contribution >= 0.6 is 11.9 Å². The third kappa shape index (κ3) is 1.59. The van der Waals surface area contributed by atoms with E-state index in [1.165, 1.54) is 0 Å². The van der Waals surface area contributed by atoms with Crippen LogP contribution in [0, 0.1) is 5.92 Å². The molecule has 0 spiro atoms. The Morgan fingerprint density at radius 1 is 1.80 bits per heavy atom. The second-order valence-electron chi connectivity index (χ2n) is 4.48. The van der Waals surface area contributed by atoms with Gasteiger partial charge in [0, 0.05) is 0 Å². The van der Waals surface area contributed by atoms with Crippen LogP contribution in [0.1, 0.15) is 20.8 Å². The third-order valence-corrected chi connectivity index (χ3v) is 3.52. The van der Waals surface area contributed by atoms with E-state index >= 15 is 0 Å². The molecule has 3 atom stereocenters. The van der Waals surface area contributed by atoms with E-state index in [0.29, 0.717) is 6.61 Å². The molecule has 0 aromatic heterocycles. The summed E-state index contributed by atoms with van der Waals surface area (Å²) in [5.41, 5.74) is -0.538. The molecule has 2 aliphatic rings. The highest BCUT2D eigenvalue weighted by atomic mass is 32.2. The van der Waals surface area contributed by atoms with Crippen molar-refractivity contribution in [1.29, 1.82) is 1.34 Å². The molecule has 0 N–H and O–H groups in total. The molecule has 0 saturated carbocycles. The highest BCUT2D eigenvalue weighted by Crippen LogP contribution is 2.40. The summed E-state index contributed by atoms with van der Waals surface area (Å²) in [5.74, 6) is -0.0938. The zero-order chi connectivity index (χ0) is 11.9. The van der Waals surface area contributed by atoms with Crippen molar-refractivity contribution in [3.05, 3.63) is 0 Å². The van der Waals surface area contributed by atoms with E-state index in [1.807, 2.05) is 20.8 Å². The first-order valence-corrected chi connectivity index (χ1v) is 5.79. The molecule has 4 nitrogen and oxygen atoms in total. The van der Waals surface area contributed by atoms with E-state index in [4.69, 9.17) is 10.3 Å². The van der Waals surface area contributed by atoms with Gasteiger partial charge in [-0.05, 0) is 15.2 Å². The van der Waals surface area contributed by atoms with Crippen molar-refractivity contribution < 1.29 is 13.7 Å². The smallest absolute Gasteiger partial charge is 0.230 e. The Balaban J connectivity index is 2.16. The summed E-state index contributed by atoms with van der Waals surface area (Å²) in [6.07, 6.45) is -0.194. The average molecular weight is 230 g/mol. The highest BCUT2D eigenvalue weighted by Gasteiger charge is 2.56.